The highest BCUT2D eigenvalue weighted by molar-refractivity contribution is 5.96. The zero-order valence-corrected chi connectivity index (χ0v) is 12.0. The van der Waals surface area contributed by atoms with Gasteiger partial charge in [-0.1, -0.05) is 26.8 Å². The summed E-state index contributed by atoms with van der Waals surface area (Å²) in [7, 11) is 1.92. The highest BCUT2D eigenvalue weighted by Crippen LogP contribution is 2.16. The van der Waals surface area contributed by atoms with E-state index in [-0.39, 0.29) is 23.2 Å². The minimum atomic E-state index is -1.05. The maximum Gasteiger partial charge on any atom is 0.169 e. The molecule has 0 heterocycles. The maximum absolute atomic E-state index is 13.4. The predicted octanol–water partition coefficient (Wildman–Crippen LogP) is 3.52. The average molecular weight is 269 g/mol. The molecule has 1 aromatic carbocycles. The quantitative estimate of drug-likeness (QED) is 0.762. The maximum atomic E-state index is 13.4. The predicted molar refractivity (Wildman–Crippen MR) is 72.3 cm³/mol. The smallest absolute Gasteiger partial charge is 0.169 e. The van der Waals surface area contributed by atoms with Crippen LogP contribution >= 0.6 is 0 Å². The minimum Gasteiger partial charge on any atom is -0.305 e. The number of hydrogen-bond acceptors (Lipinski definition) is 2. The zero-order valence-electron chi connectivity index (χ0n) is 12.0. The van der Waals surface area contributed by atoms with Crippen LogP contribution in [0.15, 0.2) is 18.2 Å². The molecule has 106 valence electrons. The van der Waals surface area contributed by atoms with Gasteiger partial charge in [0, 0.05) is 19.5 Å². The van der Waals surface area contributed by atoms with Crippen molar-refractivity contribution in [3.8, 4) is 0 Å². The summed E-state index contributed by atoms with van der Waals surface area (Å²) < 4.78 is 26.5. The van der Waals surface area contributed by atoms with Gasteiger partial charge in [0.2, 0.25) is 0 Å². The molecule has 0 N–H and O–H groups in total. The van der Waals surface area contributed by atoms with Crippen LogP contribution in [0.4, 0.5) is 8.78 Å². The second-order valence-electron chi connectivity index (χ2n) is 6.07. The van der Waals surface area contributed by atoms with E-state index in [0.29, 0.717) is 6.54 Å². The van der Waals surface area contributed by atoms with Crippen LogP contribution in [0.25, 0.3) is 0 Å². The monoisotopic (exact) mass is 269 g/mol. The summed E-state index contributed by atoms with van der Waals surface area (Å²) >= 11 is 0. The summed E-state index contributed by atoms with van der Waals surface area (Å²) in [5, 5.41) is 0. The standard InChI is InChI=1S/C15H21F2NO/c1-15(2,3)10-18(4)9-8-13(19)11-6-5-7-12(16)14(11)17/h5-7H,8-10H2,1-4H3. The average Bonchev–Trinajstić information content (AvgIpc) is 2.27. The largest absolute Gasteiger partial charge is 0.305 e. The molecule has 0 spiro atoms. The molecule has 0 fully saturated rings. The van der Waals surface area contributed by atoms with Crippen molar-refractivity contribution in [2.75, 3.05) is 20.1 Å². The Kier molecular flexibility index (Phi) is 5.18. The number of benzene rings is 1. The SMILES string of the molecule is CN(CCC(=O)c1cccc(F)c1F)CC(C)(C)C. The Morgan fingerprint density at radius 1 is 1.26 bits per heavy atom. The van der Waals surface area contributed by atoms with E-state index in [2.05, 4.69) is 20.8 Å². The van der Waals surface area contributed by atoms with Gasteiger partial charge in [-0.15, -0.1) is 0 Å². The molecule has 0 aliphatic heterocycles. The molecule has 1 rings (SSSR count). The van der Waals surface area contributed by atoms with E-state index in [0.717, 1.165) is 12.6 Å². The molecule has 0 unspecified atom stereocenters. The van der Waals surface area contributed by atoms with Crippen LogP contribution in [-0.4, -0.2) is 30.8 Å². The molecule has 0 radical (unpaired) electrons. The van der Waals surface area contributed by atoms with Gasteiger partial charge in [0.25, 0.3) is 0 Å². The summed E-state index contributed by atoms with van der Waals surface area (Å²) in [6, 6.07) is 3.69. The fraction of sp³-hybridized carbons (Fsp3) is 0.533. The van der Waals surface area contributed by atoms with Crippen LogP contribution in [0.5, 0.6) is 0 Å². The van der Waals surface area contributed by atoms with Crippen LogP contribution < -0.4 is 0 Å². The van der Waals surface area contributed by atoms with Gasteiger partial charge in [-0.05, 0) is 24.6 Å². The second-order valence-corrected chi connectivity index (χ2v) is 6.07. The van der Waals surface area contributed by atoms with Gasteiger partial charge < -0.3 is 4.90 Å². The van der Waals surface area contributed by atoms with Crippen molar-refractivity contribution in [2.45, 2.75) is 27.2 Å². The molecule has 1 aromatic rings. The fourth-order valence-corrected chi connectivity index (χ4v) is 2.04. The lowest BCUT2D eigenvalue weighted by Gasteiger charge is -2.26. The number of nitrogens with zero attached hydrogens (tertiary/aromatic N) is 1. The van der Waals surface area contributed by atoms with E-state index in [4.69, 9.17) is 0 Å². The van der Waals surface area contributed by atoms with Crippen molar-refractivity contribution < 1.29 is 13.6 Å². The summed E-state index contributed by atoms with van der Waals surface area (Å²) in [6.07, 6.45) is 0.187. The highest BCUT2D eigenvalue weighted by Gasteiger charge is 2.17. The van der Waals surface area contributed by atoms with Gasteiger partial charge in [0.1, 0.15) is 0 Å². The first-order valence-corrected chi connectivity index (χ1v) is 6.36. The third-order valence-corrected chi connectivity index (χ3v) is 2.72. The molecule has 0 saturated carbocycles. The molecular weight excluding hydrogens is 248 g/mol. The van der Waals surface area contributed by atoms with Crippen molar-refractivity contribution in [1.82, 2.24) is 4.90 Å². The van der Waals surface area contributed by atoms with Crippen LogP contribution in [0, 0.1) is 17.0 Å². The van der Waals surface area contributed by atoms with Crippen molar-refractivity contribution >= 4 is 5.78 Å². The number of carbonyl (C=O) groups is 1. The van der Waals surface area contributed by atoms with E-state index < -0.39 is 11.6 Å². The van der Waals surface area contributed by atoms with E-state index >= 15 is 0 Å². The summed E-state index contributed by atoms with van der Waals surface area (Å²) in [6.45, 7) is 7.70. The van der Waals surface area contributed by atoms with Gasteiger partial charge in [-0.3, -0.25) is 4.79 Å². The molecule has 0 bridgehead atoms. The van der Waals surface area contributed by atoms with Crippen LogP contribution in [0.2, 0.25) is 0 Å². The zero-order chi connectivity index (χ0) is 14.6. The van der Waals surface area contributed by atoms with Crippen LogP contribution in [0.3, 0.4) is 0 Å². The van der Waals surface area contributed by atoms with E-state index in [1.165, 1.54) is 12.1 Å². The van der Waals surface area contributed by atoms with Crippen LogP contribution in [0.1, 0.15) is 37.6 Å². The Balaban J connectivity index is 2.59. The topological polar surface area (TPSA) is 20.3 Å². The van der Waals surface area contributed by atoms with Crippen molar-refractivity contribution in [1.29, 1.82) is 0 Å². The summed E-state index contributed by atoms with van der Waals surface area (Å²) in [5.74, 6) is -2.39. The van der Waals surface area contributed by atoms with Gasteiger partial charge in [0.15, 0.2) is 17.4 Å². The number of halogens is 2. The van der Waals surface area contributed by atoms with Crippen molar-refractivity contribution in [3.63, 3.8) is 0 Å². The van der Waals surface area contributed by atoms with Gasteiger partial charge in [-0.2, -0.15) is 0 Å². The molecule has 0 aliphatic carbocycles. The normalized spacial score (nSPS) is 11.9. The van der Waals surface area contributed by atoms with Crippen molar-refractivity contribution in [2.24, 2.45) is 5.41 Å². The number of rotatable bonds is 5. The first-order valence-electron chi connectivity index (χ1n) is 6.36. The lowest BCUT2D eigenvalue weighted by atomic mass is 9.96. The first kappa shape index (κ1) is 15.8. The summed E-state index contributed by atoms with van der Waals surface area (Å²) in [5.41, 5.74) is -0.0220. The van der Waals surface area contributed by atoms with E-state index in [1.54, 1.807) is 0 Å². The Labute approximate surface area is 113 Å². The highest BCUT2D eigenvalue weighted by atomic mass is 19.2. The lowest BCUT2D eigenvalue weighted by molar-refractivity contribution is 0.0956. The Morgan fingerprint density at radius 3 is 2.47 bits per heavy atom. The van der Waals surface area contributed by atoms with E-state index in [1.807, 2.05) is 11.9 Å². The van der Waals surface area contributed by atoms with Gasteiger partial charge >= 0.3 is 0 Å². The molecule has 0 amide bonds. The Hall–Kier alpha value is -1.29. The Bertz CT molecular complexity index is 452. The number of Topliss-reactive ketones (excluding diaryl/α,β-unsaturated/α-hetero) is 1. The minimum absolute atomic E-state index is 0.141. The van der Waals surface area contributed by atoms with Crippen molar-refractivity contribution in [3.05, 3.63) is 35.4 Å². The molecular formula is C15H21F2NO. The third kappa shape index (κ3) is 5.07. The Morgan fingerprint density at radius 2 is 1.89 bits per heavy atom. The first-order chi connectivity index (χ1) is 8.70. The molecule has 19 heavy (non-hydrogen) atoms. The lowest BCUT2D eigenvalue weighted by Crippen LogP contribution is -2.31. The van der Waals surface area contributed by atoms with E-state index in [9.17, 15) is 13.6 Å². The number of hydrogen-bond donors (Lipinski definition) is 0. The molecule has 4 heteroatoms. The third-order valence-electron chi connectivity index (χ3n) is 2.72. The molecule has 0 atom stereocenters. The molecule has 0 aromatic heterocycles. The molecule has 0 saturated heterocycles. The van der Waals surface area contributed by atoms with Crippen LogP contribution in [-0.2, 0) is 0 Å². The molecule has 0 aliphatic rings. The number of ketones is 1. The number of carbonyl (C=O) groups excluding carboxylic acids is 1. The molecule has 2 nitrogen and oxygen atoms in total. The van der Waals surface area contributed by atoms with Gasteiger partial charge in [-0.25, -0.2) is 8.78 Å². The summed E-state index contributed by atoms with van der Waals surface area (Å²) in [4.78, 5) is 13.9. The van der Waals surface area contributed by atoms with Gasteiger partial charge in [0.05, 0.1) is 5.56 Å². The second kappa shape index (κ2) is 6.24. The fourth-order valence-electron chi connectivity index (χ4n) is 2.04.